The van der Waals surface area contributed by atoms with Gasteiger partial charge in [0.1, 0.15) is 5.78 Å². The fraction of sp³-hybridized carbons (Fsp3) is 0.778. The van der Waals surface area contributed by atoms with Crippen molar-refractivity contribution in [3.63, 3.8) is 0 Å². The zero-order chi connectivity index (χ0) is 11.2. The fourth-order valence-corrected chi connectivity index (χ4v) is 2.41. The highest BCUT2D eigenvalue weighted by Gasteiger charge is 2.49. The Morgan fingerprint density at radius 2 is 1.67 bits per heavy atom. The molecule has 0 aromatic heterocycles. The van der Waals surface area contributed by atoms with Gasteiger partial charge in [0, 0.05) is 25.9 Å². The van der Waals surface area contributed by atoms with Crippen LogP contribution < -0.4 is 0 Å². The number of fused-ring (bicyclic) bond motifs is 1. The number of carbonyl (C=O) groups is 2. The average molecular weight is 221 g/mol. The average Bonchev–Trinajstić information content (AvgIpc) is 2.57. The summed E-state index contributed by atoms with van der Waals surface area (Å²) >= 11 is 0. The number of rotatable bonds is 0. The molecule has 0 radical (unpaired) electrons. The first-order chi connectivity index (χ1) is 6.88. The highest BCUT2D eigenvalue weighted by atomic mass is 19.4. The third-order valence-corrected chi connectivity index (χ3v) is 3.09. The molecule has 3 nitrogen and oxygen atoms in total. The van der Waals surface area contributed by atoms with E-state index in [0.717, 1.165) is 4.90 Å². The number of Topliss-reactive ketones (excluding diaryl/α,β-unsaturated/α-hetero) is 1. The van der Waals surface area contributed by atoms with Gasteiger partial charge in [-0.05, 0) is 11.8 Å². The van der Waals surface area contributed by atoms with Crippen LogP contribution in [0.3, 0.4) is 0 Å². The van der Waals surface area contributed by atoms with Crippen LogP contribution in [-0.4, -0.2) is 35.9 Å². The zero-order valence-electron chi connectivity index (χ0n) is 7.88. The summed E-state index contributed by atoms with van der Waals surface area (Å²) in [4.78, 5) is 22.7. The summed E-state index contributed by atoms with van der Waals surface area (Å²) in [7, 11) is 0. The normalized spacial score (nSPS) is 30.9. The number of ketones is 1. The molecule has 2 rings (SSSR count). The standard InChI is InChI=1S/C9H10F3NO2/c10-9(11,12)8(15)13-3-5-1-7(14)2-6(5)4-13/h5-6H,1-4H2/t5-,6-/m0/s1. The van der Waals surface area contributed by atoms with Crippen molar-refractivity contribution in [3.05, 3.63) is 0 Å². The van der Waals surface area contributed by atoms with Crippen LogP contribution in [0.1, 0.15) is 12.8 Å². The highest BCUT2D eigenvalue weighted by molar-refractivity contribution is 5.84. The van der Waals surface area contributed by atoms with Crippen LogP contribution in [0.4, 0.5) is 13.2 Å². The Hall–Kier alpha value is -1.07. The summed E-state index contributed by atoms with van der Waals surface area (Å²) in [6.45, 7) is 0.156. The van der Waals surface area contributed by atoms with E-state index in [0.29, 0.717) is 12.8 Å². The van der Waals surface area contributed by atoms with E-state index in [9.17, 15) is 22.8 Å². The zero-order valence-corrected chi connectivity index (χ0v) is 7.88. The van der Waals surface area contributed by atoms with E-state index in [1.807, 2.05) is 0 Å². The largest absolute Gasteiger partial charge is 0.471 e. The van der Waals surface area contributed by atoms with Crippen molar-refractivity contribution in [2.24, 2.45) is 11.8 Å². The van der Waals surface area contributed by atoms with Crippen LogP contribution in [0.15, 0.2) is 0 Å². The molecule has 0 N–H and O–H groups in total. The lowest BCUT2D eigenvalue weighted by molar-refractivity contribution is -0.184. The Morgan fingerprint density at radius 1 is 1.20 bits per heavy atom. The predicted octanol–water partition coefficient (Wildman–Crippen LogP) is 0.986. The molecule has 1 aliphatic heterocycles. The Bertz CT molecular complexity index is 297. The van der Waals surface area contributed by atoms with Crippen LogP contribution in [0, 0.1) is 11.8 Å². The van der Waals surface area contributed by atoms with Crippen molar-refractivity contribution in [1.29, 1.82) is 0 Å². The number of halogens is 3. The molecular weight excluding hydrogens is 211 g/mol. The summed E-state index contributed by atoms with van der Waals surface area (Å²) < 4.78 is 36.3. The Balaban J connectivity index is 2.01. The Morgan fingerprint density at radius 3 is 2.07 bits per heavy atom. The highest BCUT2D eigenvalue weighted by Crippen LogP contribution is 2.37. The molecule has 2 fully saturated rings. The predicted molar refractivity (Wildman–Crippen MR) is 43.9 cm³/mol. The van der Waals surface area contributed by atoms with E-state index < -0.39 is 12.1 Å². The monoisotopic (exact) mass is 221 g/mol. The second-order valence-electron chi connectivity index (χ2n) is 4.17. The Labute approximate surface area is 84.2 Å². The van der Waals surface area contributed by atoms with Crippen molar-refractivity contribution in [2.75, 3.05) is 13.1 Å². The maximum absolute atomic E-state index is 12.1. The third-order valence-electron chi connectivity index (χ3n) is 3.09. The second-order valence-corrected chi connectivity index (χ2v) is 4.17. The van der Waals surface area contributed by atoms with Crippen molar-refractivity contribution in [2.45, 2.75) is 19.0 Å². The first kappa shape index (κ1) is 10.4. The number of hydrogen-bond donors (Lipinski definition) is 0. The van der Waals surface area contributed by atoms with E-state index in [1.54, 1.807) is 0 Å². The van der Waals surface area contributed by atoms with Crippen molar-refractivity contribution in [3.8, 4) is 0 Å². The second kappa shape index (κ2) is 3.21. The van der Waals surface area contributed by atoms with Gasteiger partial charge < -0.3 is 4.90 Å². The molecule has 0 bridgehead atoms. The molecule has 1 saturated carbocycles. The lowest BCUT2D eigenvalue weighted by Crippen LogP contribution is -2.40. The van der Waals surface area contributed by atoms with Gasteiger partial charge >= 0.3 is 12.1 Å². The summed E-state index contributed by atoms with van der Waals surface area (Å²) in [5, 5.41) is 0. The van der Waals surface area contributed by atoms with Gasteiger partial charge in [-0.25, -0.2) is 0 Å². The van der Waals surface area contributed by atoms with Gasteiger partial charge in [-0.15, -0.1) is 0 Å². The minimum absolute atomic E-state index is 0.0520. The van der Waals surface area contributed by atoms with Crippen LogP contribution in [0.25, 0.3) is 0 Å². The third kappa shape index (κ3) is 1.85. The number of hydrogen-bond acceptors (Lipinski definition) is 2. The first-order valence-corrected chi connectivity index (χ1v) is 4.75. The van der Waals surface area contributed by atoms with Crippen LogP contribution >= 0.6 is 0 Å². The van der Waals surface area contributed by atoms with E-state index in [-0.39, 0.29) is 30.7 Å². The van der Waals surface area contributed by atoms with E-state index in [4.69, 9.17) is 0 Å². The lowest BCUT2D eigenvalue weighted by Gasteiger charge is -2.18. The molecule has 0 unspecified atom stereocenters. The van der Waals surface area contributed by atoms with Gasteiger partial charge in [-0.1, -0.05) is 0 Å². The van der Waals surface area contributed by atoms with Gasteiger partial charge in [0.05, 0.1) is 0 Å². The molecule has 0 spiro atoms. The number of alkyl halides is 3. The van der Waals surface area contributed by atoms with Gasteiger partial charge in [-0.3, -0.25) is 9.59 Å². The SMILES string of the molecule is O=C1C[C@H]2CN(C(=O)C(F)(F)F)C[C@@H]2C1. The molecule has 0 aromatic carbocycles. The number of carbonyl (C=O) groups excluding carboxylic acids is 2. The van der Waals surface area contributed by atoms with E-state index in [1.165, 1.54) is 0 Å². The van der Waals surface area contributed by atoms with Crippen LogP contribution in [0.5, 0.6) is 0 Å². The Kier molecular flexibility index (Phi) is 2.24. The van der Waals surface area contributed by atoms with Gasteiger partial charge in [0.2, 0.25) is 0 Å². The van der Waals surface area contributed by atoms with Gasteiger partial charge in [-0.2, -0.15) is 13.2 Å². The molecule has 15 heavy (non-hydrogen) atoms. The van der Waals surface area contributed by atoms with E-state index in [2.05, 4.69) is 0 Å². The fourth-order valence-electron chi connectivity index (χ4n) is 2.41. The number of nitrogens with zero attached hydrogens (tertiary/aromatic N) is 1. The quantitative estimate of drug-likeness (QED) is 0.611. The van der Waals surface area contributed by atoms with Gasteiger partial charge in [0.15, 0.2) is 0 Å². The molecule has 1 heterocycles. The molecular formula is C9H10F3NO2. The number of amides is 1. The maximum atomic E-state index is 12.1. The number of likely N-dealkylation sites (tertiary alicyclic amines) is 1. The maximum Gasteiger partial charge on any atom is 0.471 e. The molecule has 1 aliphatic carbocycles. The summed E-state index contributed by atoms with van der Waals surface area (Å²) in [6.07, 6.45) is -4.14. The first-order valence-electron chi connectivity index (χ1n) is 4.75. The molecule has 1 saturated heterocycles. The van der Waals surface area contributed by atoms with Crippen molar-refractivity contribution >= 4 is 11.7 Å². The summed E-state index contributed by atoms with van der Waals surface area (Å²) in [5.74, 6) is -1.78. The van der Waals surface area contributed by atoms with E-state index >= 15 is 0 Å². The minimum Gasteiger partial charge on any atom is -0.334 e. The molecule has 1 amide bonds. The van der Waals surface area contributed by atoms with Crippen LogP contribution in [0.2, 0.25) is 0 Å². The summed E-state index contributed by atoms with van der Waals surface area (Å²) in [5.41, 5.74) is 0. The van der Waals surface area contributed by atoms with Gasteiger partial charge in [0.25, 0.3) is 0 Å². The lowest BCUT2D eigenvalue weighted by atomic mass is 10.0. The molecule has 6 heteroatoms. The minimum atomic E-state index is -4.79. The molecule has 2 atom stereocenters. The van der Waals surface area contributed by atoms with Crippen LogP contribution in [-0.2, 0) is 9.59 Å². The molecule has 2 aliphatic rings. The summed E-state index contributed by atoms with van der Waals surface area (Å²) in [6, 6.07) is 0. The molecule has 0 aromatic rings. The smallest absolute Gasteiger partial charge is 0.334 e. The van der Waals surface area contributed by atoms with Crippen molar-refractivity contribution < 1.29 is 22.8 Å². The topological polar surface area (TPSA) is 37.4 Å². The van der Waals surface area contributed by atoms with Crippen molar-refractivity contribution in [1.82, 2.24) is 4.90 Å². The molecule has 84 valence electrons.